The second-order valence-corrected chi connectivity index (χ2v) is 13.3. The minimum absolute atomic E-state index is 0.0997. The van der Waals surface area contributed by atoms with Crippen molar-refractivity contribution in [1.82, 2.24) is 19.8 Å². The maximum absolute atomic E-state index is 14.1. The fourth-order valence-corrected chi connectivity index (χ4v) is 7.68. The first kappa shape index (κ1) is 33.5. The van der Waals surface area contributed by atoms with Gasteiger partial charge in [-0.1, -0.05) is 24.3 Å². The van der Waals surface area contributed by atoms with Crippen LogP contribution in [0.5, 0.6) is 17.2 Å². The number of piperidine rings is 1. The predicted octanol–water partition coefficient (Wildman–Crippen LogP) is 6.67. The van der Waals surface area contributed by atoms with Gasteiger partial charge in [0.25, 0.3) is 5.91 Å². The molecule has 1 atom stereocenters. The number of aromatic nitrogens is 2. The summed E-state index contributed by atoms with van der Waals surface area (Å²) in [4.78, 5) is 29.2. The highest BCUT2D eigenvalue weighted by atomic mass is 19.1. The lowest BCUT2D eigenvalue weighted by Gasteiger charge is -2.40. The Morgan fingerprint density at radius 3 is 2.40 bits per heavy atom. The van der Waals surface area contributed by atoms with Crippen LogP contribution in [0.1, 0.15) is 47.2 Å². The molecule has 3 aromatic carbocycles. The van der Waals surface area contributed by atoms with Gasteiger partial charge in [-0.25, -0.2) is 9.37 Å². The zero-order valence-corrected chi connectivity index (χ0v) is 28.9. The molecule has 0 radical (unpaired) electrons. The van der Waals surface area contributed by atoms with Gasteiger partial charge in [0, 0.05) is 55.3 Å². The number of amides is 1. The number of anilines is 1. The van der Waals surface area contributed by atoms with E-state index in [9.17, 15) is 9.18 Å². The maximum atomic E-state index is 14.1. The molecule has 0 bridgehead atoms. The van der Waals surface area contributed by atoms with Crippen molar-refractivity contribution in [2.45, 2.75) is 43.7 Å². The van der Waals surface area contributed by atoms with Crippen molar-refractivity contribution in [2.24, 2.45) is 0 Å². The van der Waals surface area contributed by atoms with Crippen molar-refractivity contribution in [3.05, 3.63) is 102 Å². The second kappa shape index (κ2) is 14.4. The largest absolute Gasteiger partial charge is 0.493 e. The number of nitrogens with one attached hydrogen (secondary N) is 1. The van der Waals surface area contributed by atoms with E-state index in [2.05, 4.69) is 20.9 Å². The number of ether oxygens (including phenoxy) is 3. The Kier molecular flexibility index (Phi) is 9.67. The van der Waals surface area contributed by atoms with Gasteiger partial charge in [0.2, 0.25) is 11.7 Å². The van der Waals surface area contributed by atoms with E-state index in [1.807, 2.05) is 41.3 Å². The predicted molar refractivity (Wildman–Crippen MR) is 190 cm³/mol. The average Bonchev–Trinajstić information content (AvgIpc) is 3.93. The molecule has 5 aromatic rings. The molecule has 0 aliphatic carbocycles. The first-order valence-corrected chi connectivity index (χ1v) is 17.2. The minimum Gasteiger partial charge on any atom is -0.493 e. The van der Waals surface area contributed by atoms with Gasteiger partial charge in [0.15, 0.2) is 11.5 Å². The number of aromatic amines is 1. The Hall–Kier alpha value is -5.03. The Labute approximate surface area is 291 Å². The summed E-state index contributed by atoms with van der Waals surface area (Å²) in [6.45, 7) is 4.61. The van der Waals surface area contributed by atoms with Gasteiger partial charge in [-0.15, -0.1) is 0 Å². The lowest BCUT2D eigenvalue weighted by atomic mass is 9.76. The Bertz CT molecular complexity index is 1850. The van der Waals surface area contributed by atoms with Crippen LogP contribution < -0.4 is 19.1 Å². The van der Waals surface area contributed by atoms with Crippen LogP contribution in [0.3, 0.4) is 0 Å². The number of hydrogen-bond donors (Lipinski definition) is 1. The zero-order chi connectivity index (χ0) is 34.7. The topological polar surface area (TPSA) is 96.3 Å². The number of rotatable bonds is 12. The summed E-state index contributed by atoms with van der Waals surface area (Å²) in [6, 6.07) is 20.7. The average molecular weight is 682 g/mol. The lowest BCUT2D eigenvalue weighted by molar-refractivity contribution is 0.0779. The number of methoxy groups -OCH3 is 3. The Morgan fingerprint density at radius 2 is 1.74 bits per heavy atom. The number of imidazole rings is 1. The number of H-pyrrole nitrogens is 1. The van der Waals surface area contributed by atoms with Crippen LogP contribution in [0.4, 0.5) is 10.3 Å². The van der Waals surface area contributed by atoms with E-state index in [1.54, 1.807) is 46.0 Å². The maximum Gasteiger partial charge on any atom is 0.254 e. The highest BCUT2D eigenvalue weighted by Crippen LogP contribution is 2.42. The summed E-state index contributed by atoms with van der Waals surface area (Å²) >= 11 is 0. The molecule has 0 saturated carbocycles. The number of nitrogens with zero attached hydrogens (tertiary/aromatic N) is 4. The molecule has 7 rings (SSSR count). The summed E-state index contributed by atoms with van der Waals surface area (Å²) in [5.74, 6) is 1.83. The number of hydrogen-bond acceptors (Lipinski definition) is 8. The third-order valence-corrected chi connectivity index (χ3v) is 10.5. The van der Waals surface area contributed by atoms with E-state index in [4.69, 9.17) is 23.6 Å². The van der Waals surface area contributed by atoms with E-state index < -0.39 is 0 Å². The Balaban J connectivity index is 1.06. The molecule has 0 spiro atoms. The van der Waals surface area contributed by atoms with Crippen molar-refractivity contribution < 1.29 is 27.8 Å². The van der Waals surface area contributed by atoms with E-state index in [-0.39, 0.29) is 17.1 Å². The summed E-state index contributed by atoms with van der Waals surface area (Å²) in [6.07, 6.45) is 7.14. The quantitative estimate of drug-likeness (QED) is 0.156. The molecule has 2 aromatic heterocycles. The normalized spacial score (nSPS) is 18.4. The van der Waals surface area contributed by atoms with E-state index >= 15 is 0 Å². The van der Waals surface area contributed by atoms with Crippen LogP contribution in [-0.4, -0.2) is 85.8 Å². The zero-order valence-electron chi connectivity index (χ0n) is 28.9. The number of carbonyl (C=O) groups is 1. The standard InChI is InChI=1S/C39H44FN5O5/c1-47-34-22-28(23-35(48-2)36(34)49-3)37(46)44-20-16-39(26-44,29-8-10-30(40)11-9-29)15-19-43-17-12-31(13-18-43)45(24-27-14-21-50-25-27)38-41-32-6-4-5-7-33(32)42-38/h4-11,14,21-23,25,31H,12-13,15-20,24,26H2,1-3H3,(H,41,42). The number of likely N-dealkylation sites (tertiary alicyclic amines) is 2. The monoisotopic (exact) mass is 681 g/mol. The van der Waals surface area contributed by atoms with Crippen LogP contribution >= 0.6 is 0 Å². The summed E-state index contributed by atoms with van der Waals surface area (Å²) in [5.41, 5.74) is 4.32. The van der Waals surface area contributed by atoms with Gasteiger partial charge in [-0.3, -0.25) is 4.79 Å². The second-order valence-electron chi connectivity index (χ2n) is 13.3. The molecule has 10 nitrogen and oxygen atoms in total. The molecular weight excluding hydrogens is 637 g/mol. The minimum atomic E-state index is -0.303. The molecule has 262 valence electrons. The van der Waals surface area contributed by atoms with Gasteiger partial charge in [-0.05, 0) is 80.3 Å². The number of carbonyl (C=O) groups excluding carboxylic acids is 1. The molecule has 1 amide bonds. The fraction of sp³-hybridized carbons (Fsp3) is 0.385. The van der Waals surface area contributed by atoms with E-state index in [1.165, 1.54) is 12.1 Å². The van der Waals surface area contributed by atoms with Gasteiger partial charge in [-0.2, -0.15) is 0 Å². The lowest BCUT2D eigenvalue weighted by Crippen LogP contribution is -2.46. The smallest absolute Gasteiger partial charge is 0.254 e. The van der Waals surface area contributed by atoms with Gasteiger partial charge in [0.1, 0.15) is 5.82 Å². The van der Waals surface area contributed by atoms with Crippen molar-refractivity contribution in [2.75, 3.05) is 59.0 Å². The van der Waals surface area contributed by atoms with Gasteiger partial charge < -0.3 is 38.3 Å². The number of halogens is 1. The third-order valence-electron chi connectivity index (χ3n) is 10.5. The van der Waals surface area contributed by atoms with Gasteiger partial charge >= 0.3 is 0 Å². The number of para-hydroxylation sites is 2. The van der Waals surface area contributed by atoms with Crippen LogP contribution in [-0.2, 0) is 12.0 Å². The van der Waals surface area contributed by atoms with Crippen LogP contribution in [0.2, 0.25) is 0 Å². The first-order valence-electron chi connectivity index (χ1n) is 17.2. The number of benzene rings is 3. The molecule has 2 saturated heterocycles. The van der Waals surface area contributed by atoms with Crippen LogP contribution in [0, 0.1) is 5.82 Å². The third kappa shape index (κ3) is 6.74. The molecule has 11 heteroatoms. The molecular formula is C39H44FN5O5. The highest BCUT2D eigenvalue weighted by Gasteiger charge is 2.42. The molecule has 1 N–H and O–H groups in total. The van der Waals surface area contributed by atoms with Crippen LogP contribution in [0.25, 0.3) is 11.0 Å². The van der Waals surface area contributed by atoms with E-state index in [0.29, 0.717) is 48.5 Å². The summed E-state index contributed by atoms with van der Waals surface area (Å²) in [7, 11) is 4.62. The summed E-state index contributed by atoms with van der Waals surface area (Å²) in [5, 5.41) is 0. The van der Waals surface area contributed by atoms with Crippen molar-refractivity contribution >= 4 is 22.9 Å². The summed E-state index contributed by atoms with van der Waals surface area (Å²) < 4.78 is 36.0. The first-order chi connectivity index (χ1) is 24.4. The molecule has 2 aliphatic rings. The molecule has 2 aliphatic heterocycles. The van der Waals surface area contributed by atoms with Crippen molar-refractivity contribution in [3.8, 4) is 17.2 Å². The number of furan rings is 1. The SMILES string of the molecule is COc1cc(C(=O)N2CCC(CCN3CCC(N(Cc4ccoc4)c4nc5ccccc5[nH]4)CC3)(c3ccc(F)cc3)C2)cc(OC)c1OC. The van der Waals surface area contributed by atoms with Gasteiger partial charge in [0.05, 0.1) is 44.9 Å². The molecule has 4 heterocycles. The molecule has 1 unspecified atom stereocenters. The molecule has 50 heavy (non-hydrogen) atoms. The van der Waals surface area contributed by atoms with Crippen molar-refractivity contribution in [1.29, 1.82) is 0 Å². The highest BCUT2D eigenvalue weighted by molar-refractivity contribution is 5.96. The van der Waals surface area contributed by atoms with E-state index in [0.717, 1.165) is 73.4 Å². The Morgan fingerprint density at radius 1 is 1.00 bits per heavy atom. The fourth-order valence-electron chi connectivity index (χ4n) is 7.68. The number of fused-ring (bicyclic) bond motifs is 1. The van der Waals surface area contributed by atoms with Crippen LogP contribution in [0.15, 0.2) is 83.7 Å². The molecule has 2 fully saturated rings. The van der Waals surface area contributed by atoms with Crippen molar-refractivity contribution in [3.63, 3.8) is 0 Å².